The van der Waals surface area contributed by atoms with Crippen molar-refractivity contribution in [2.45, 2.75) is 12.0 Å². The second-order valence-corrected chi connectivity index (χ2v) is 7.40. The molecule has 0 bridgehead atoms. The number of nitrogens with zero attached hydrogens (tertiary/aromatic N) is 4. The first-order chi connectivity index (χ1) is 10.9. The minimum absolute atomic E-state index is 0.113. The van der Waals surface area contributed by atoms with Gasteiger partial charge >= 0.3 is 0 Å². The van der Waals surface area contributed by atoms with Crippen LogP contribution >= 0.6 is 11.3 Å². The molecule has 23 heavy (non-hydrogen) atoms. The first kappa shape index (κ1) is 16.2. The number of likely N-dealkylation sites (tertiary alicyclic amines) is 1. The molecular formula is C16H22N4O2S. The van der Waals surface area contributed by atoms with Crippen LogP contribution < -0.4 is 0 Å². The molecule has 1 fully saturated rings. The molecule has 2 aromatic rings. The number of β-amino-alcohol motifs (C(OH)–C–C–N with tert-alkyl or cyclic N) is 1. The topological polar surface area (TPSA) is 61.6 Å². The maximum absolute atomic E-state index is 12.7. The zero-order valence-electron chi connectivity index (χ0n) is 13.7. The lowest BCUT2D eigenvalue weighted by Gasteiger charge is -2.26. The molecule has 124 valence electrons. The average molecular weight is 334 g/mol. The molecule has 2 aromatic heterocycles. The molecular weight excluding hydrogens is 312 g/mol. The number of rotatable bonds is 4. The van der Waals surface area contributed by atoms with Crippen LogP contribution in [-0.2, 0) is 7.05 Å². The molecule has 1 aliphatic heterocycles. The molecule has 3 heterocycles. The fourth-order valence-corrected chi connectivity index (χ4v) is 3.91. The van der Waals surface area contributed by atoms with E-state index in [0.29, 0.717) is 31.7 Å². The van der Waals surface area contributed by atoms with Gasteiger partial charge in [0.25, 0.3) is 5.91 Å². The normalized spacial score (nSPS) is 21.3. The number of amides is 1. The van der Waals surface area contributed by atoms with Gasteiger partial charge < -0.3 is 14.9 Å². The Balaban J connectivity index is 1.76. The van der Waals surface area contributed by atoms with Gasteiger partial charge in [0.2, 0.25) is 0 Å². The fourth-order valence-electron chi connectivity index (χ4n) is 3.14. The highest BCUT2D eigenvalue weighted by molar-refractivity contribution is 7.13. The molecule has 0 radical (unpaired) electrons. The number of hydrogen-bond acceptors (Lipinski definition) is 5. The Hall–Kier alpha value is -1.70. The summed E-state index contributed by atoms with van der Waals surface area (Å²) in [6, 6.07) is 5.83. The van der Waals surface area contributed by atoms with E-state index in [-0.39, 0.29) is 5.91 Å². The van der Waals surface area contributed by atoms with Crippen LogP contribution in [0, 0.1) is 0 Å². The van der Waals surface area contributed by atoms with Gasteiger partial charge in [-0.3, -0.25) is 9.48 Å². The standard InChI is InChI=1S/C16H22N4O2S/c1-18(2)10-16(22)6-7-20(11-16)15(21)12-9-13(19(3)17-12)14-5-4-8-23-14/h4-5,8-9,22H,6-7,10-11H2,1-3H3/t16-/m1/s1. The molecule has 1 aliphatic rings. The third-order valence-electron chi connectivity index (χ3n) is 4.10. The van der Waals surface area contributed by atoms with Crippen molar-refractivity contribution in [3.05, 3.63) is 29.3 Å². The van der Waals surface area contributed by atoms with E-state index >= 15 is 0 Å². The highest BCUT2D eigenvalue weighted by atomic mass is 32.1. The van der Waals surface area contributed by atoms with Crippen molar-refractivity contribution in [2.24, 2.45) is 7.05 Å². The summed E-state index contributed by atoms with van der Waals surface area (Å²) < 4.78 is 1.74. The van der Waals surface area contributed by atoms with Crippen LogP contribution in [0.1, 0.15) is 16.9 Å². The third kappa shape index (κ3) is 3.31. The minimum Gasteiger partial charge on any atom is -0.387 e. The van der Waals surface area contributed by atoms with Gasteiger partial charge in [-0.15, -0.1) is 11.3 Å². The molecule has 1 saturated heterocycles. The van der Waals surface area contributed by atoms with Crippen molar-refractivity contribution in [1.82, 2.24) is 19.6 Å². The van der Waals surface area contributed by atoms with Crippen molar-refractivity contribution in [3.8, 4) is 10.6 Å². The van der Waals surface area contributed by atoms with Gasteiger partial charge in [-0.05, 0) is 38.0 Å². The van der Waals surface area contributed by atoms with E-state index in [1.54, 1.807) is 20.9 Å². The van der Waals surface area contributed by atoms with Crippen LogP contribution in [0.15, 0.2) is 23.6 Å². The predicted molar refractivity (Wildman–Crippen MR) is 90.5 cm³/mol. The Morgan fingerprint density at radius 1 is 1.52 bits per heavy atom. The van der Waals surface area contributed by atoms with Crippen LogP contribution in [0.3, 0.4) is 0 Å². The van der Waals surface area contributed by atoms with Gasteiger partial charge in [0.15, 0.2) is 5.69 Å². The van der Waals surface area contributed by atoms with E-state index in [9.17, 15) is 9.90 Å². The number of aliphatic hydroxyl groups is 1. The number of carbonyl (C=O) groups excluding carboxylic acids is 1. The zero-order valence-corrected chi connectivity index (χ0v) is 14.5. The number of likely N-dealkylation sites (N-methyl/N-ethyl adjacent to an activating group) is 1. The zero-order chi connectivity index (χ0) is 16.6. The summed E-state index contributed by atoms with van der Waals surface area (Å²) in [5.41, 5.74) is 0.543. The quantitative estimate of drug-likeness (QED) is 0.915. The van der Waals surface area contributed by atoms with Crippen LogP contribution in [0.4, 0.5) is 0 Å². The molecule has 1 amide bonds. The van der Waals surface area contributed by atoms with Crippen LogP contribution in [0.2, 0.25) is 0 Å². The maximum atomic E-state index is 12.7. The SMILES string of the molecule is CN(C)C[C@]1(O)CCN(C(=O)c2cc(-c3cccs3)n(C)n2)C1. The molecule has 0 aromatic carbocycles. The first-order valence-electron chi connectivity index (χ1n) is 7.62. The van der Waals surface area contributed by atoms with Crippen molar-refractivity contribution in [2.75, 3.05) is 33.7 Å². The smallest absolute Gasteiger partial charge is 0.274 e. The summed E-state index contributed by atoms with van der Waals surface area (Å²) in [5.74, 6) is -0.113. The second-order valence-electron chi connectivity index (χ2n) is 6.45. The molecule has 0 spiro atoms. The molecule has 3 rings (SSSR count). The van der Waals surface area contributed by atoms with E-state index < -0.39 is 5.60 Å². The molecule has 7 heteroatoms. The number of thiophene rings is 1. The summed E-state index contributed by atoms with van der Waals surface area (Å²) in [7, 11) is 5.70. The number of aryl methyl sites for hydroxylation is 1. The highest BCUT2D eigenvalue weighted by Gasteiger charge is 2.39. The third-order valence-corrected chi connectivity index (χ3v) is 4.99. The number of carbonyl (C=O) groups is 1. The summed E-state index contributed by atoms with van der Waals surface area (Å²) in [4.78, 5) is 17.4. The van der Waals surface area contributed by atoms with Crippen molar-refractivity contribution in [3.63, 3.8) is 0 Å². The summed E-state index contributed by atoms with van der Waals surface area (Å²) >= 11 is 1.62. The molecule has 1 N–H and O–H groups in total. The second kappa shape index (κ2) is 6.07. The maximum Gasteiger partial charge on any atom is 0.274 e. The summed E-state index contributed by atoms with van der Waals surface area (Å²) in [6.07, 6.45) is 0.599. The van der Waals surface area contributed by atoms with Gasteiger partial charge in [0.05, 0.1) is 22.7 Å². The van der Waals surface area contributed by atoms with E-state index in [2.05, 4.69) is 5.10 Å². The van der Waals surface area contributed by atoms with Crippen molar-refractivity contribution >= 4 is 17.2 Å². The minimum atomic E-state index is -0.829. The van der Waals surface area contributed by atoms with Crippen LogP contribution in [0.25, 0.3) is 10.6 Å². The molecule has 6 nitrogen and oxygen atoms in total. The lowest BCUT2D eigenvalue weighted by molar-refractivity contribution is 0.0235. The molecule has 0 unspecified atom stereocenters. The van der Waals surface area contributed by atoms with E-state index in [1.807, 2.05) is 49.6 Å². The summed E-state index contributed by atoms with van der Waals surface area (Å²) in [6.45, 7) is 1.47. The number of aromatic nitrogens is 2. The van der Waals surface area contributed by atoms with Gasteiger partial charge in [-0.2, -0.15) is 5.10 Å². The van der Waals surface area contributed by atoms with Gasteiger partial charge in [-0.25, -0.2) is 0 Å². The summed E-state index contributed by atoms with van der Waals surface area (Å²) in [5, 5.41) is 16.9. The number of hydrogen-bond donors (Lipinski definition) is 1. The van der Waals surface area contributed by atoms with Crippen LogP contribution in [-0.4, -0.2) is 69.9 Å². The van der Waals surface area contributed by atoms with Gasteiger partial charge in [0, 0.05) is 20.1 Å². The van der Waals surface area contributed by atoms with Crippen molar-refractivity contribution < 1.29 is 9.90 Å². The molecule has 1 atom stereocenters. The van der Waals surface area contributed by atoms with Crippen molar-refractivity contribution in [1.29, 1.82) is 0 Å². The Labute approximate surface area is 139 Å². The van der Waals surface area contributed by atoms with Crippen LogP contribution in [0.5, 0.6) is 0 Å². The first-order valence-corrected chi connectivity index (χ1v) is 8.50. The Bertz CT molecular complexity index is 695. The lowest BCUT2D eigenvalue weighted by Crippen LogP contribution is -2.43. The van der Waals surface area contributed by atoms with E-state index in [0.717, 1.165) is 10.6 Å². The fraction of sp³-hybridized carbons (Fsp3) is 0.500. The Kier molecular flexibility index (Phi) is 4.27. The monoisotopic (exact) mass is 334 g/mol. The van der Waals surface area contributed by atoms with Gasteiger partial charge in [0.1, 0.15) is 0 Å². The molecule has 0 saturated carbocycles. The average Bonchev–Trinajstić information content (AvgIpc) is 3.16. The predicted octanol–water partition coefficient (Wildman–Crippen LogP) is 1.29. The largest absolute Gasteiger partial charge is 0.387 e. The molecule has 0 aliphatic carbocycles. The van der Waals surface area contributed by atoms with E-state index in [1.165, 1.54) is 0 Å². The highest BCUT2D eigenvalue weighted by Crippen LogP contribution is 2.27. The Morgan fingerprint density at radius 3 is 2.96 bits per heavy atom. The van der Waals surface area contributed by atoms with Gasteiger partial charge in [-0.1, -0.05) is 6.07 Å². The Morgan fingerprint density at radius 2 is 2.30 bits per heavy atom. The lowest BCUT2D eigenvalue weighted by atomic mass is 10.0. The van der Waals surface area contributed by atoms with E-state index in [4.69, 9.17) is 0 Å².